The highest BCUT2D eigenvalue weighted by atomic mass is 16.7. The van der Waals surface area contributed by atoms with Gasteiger partial charge in [-0.2, -0.15) is 0 Å². The van der Waals surface area contributed by atoms with Crippen LogP contribution in [0.5, 0.6) is 0 Å². The number of oxime groups is 2. The third-order valence-electron chi connectivity index (χ3n) is 10.6. The summed E-state index contributed by atoms with van der Waals surface area (Å²) in [4.78, 5) is 47.5. The SMILES string of the molecule is CCOC(=O)C1=NO[C@@]2(C(C)=NOC(C)=O)[C@@H]1C[C@@H]1[C@H]3CC=C4C[C@@H](OC(C)=O)CC[C@]4(C)[C@@H]3CC[C@]12C. The Morgan fingerprint density at radius 3 is 2.55 bits per heavy atom. The highest BCUT2D eigenvalue weighted by Crippen LogP contribution is 2.70. The van der Waals surface area contributed by atoms with Crippen molar-refractivity contribution in [3.8, 4) is 0 Å². The van der Waals surface area contributed by atoms with Crippen LogP contribution < -0.4 is 0 Å². The number of nitrogens with zero attached hydrogens (tertiary/aromatic N) is 2. The molecule has 0 aromatic rings. The molecule has 0 aromatic heterocycles. The second kappa shape index (κ2) is 9.49. The van der Waals surface area contributed by atoms with Crippen molar-refractivity contribution in [2.24, 2.45) is 44.8 Å². The van der Waals surface area contributed by atoms with Crippen LogP contribution >= 0.6 is 0 Å². The molecule has 0 bridgehead atoms. The maximum Gasteiger partial charge on any atom is 0.356 e. The van der Waals surface area contributed by atoms with Gasteiger partial charge in [0.25, 0.3) is 0 Å². The first-order chi connectivity index (χ1) is 18.0. The van der Waals surface area contributed by atoms with Crippen molar-refractivity contribution in [2.75, 3.05) is 6.61 Å². The first-order valence-corrected chi connectivity index (χ1v) is 14.0. The highest BCUT2D eigenvalue weighted by molar-refractivity contribution is 6.38. The largest absolute Gasteiger partial charge is 0.462 e. The Morgan fingerprint density at radius 1 is 1.11 bits per heavy atom. The lowest BCUT2D eigenvalue weighted by Gasteiger charge is -2.58. The van der Waals surface area contributed by atoms with E-state index in [1.54, 1.807) is 6.92 Å². The predicted octanol–water partition coefficient (Wildman–Crippen LogP) is 4.73. The summed E-state index contributed by atoms with van der Waals surface area (Å²) >= 11 is 0. The van der Waals surface area contributed by atoms with Gasteiger partial charge in [0.05, 0.1) is 12.5 Å². The molecule has 1 heterocycles. The summed E-state index contributed by atoms with van der Waals surface area (Å²) in [6.07, 6.45) is 8.60. The van der Waals surface area contributed by atoms with Gasteiger partial charge in [-0.05, 0) is 75.5 Å². The summed E-state index contributed by atoms with van der Waals surface area (Å²) in [7, 11) is 0. The average molecular weight is 529 g/mol. The van der Waals surface area contributed by atoms with Crippen molar-refractivity contribution >= 4 is 29.3 Å². The van der Waals surface area contributed by atoms with E-state index in [4.69, 9.17) is 19.1 Å². The normalized spacial score (nSPS) is 41.3. The molecular weight excluding hydrogens is 488 g/mol. The molecule has 8 atom stereocenters. The van der Waals surface area contributed by atoms with Gasteiger partial charge in [0.1, 0.15) is 11.8 Å². The van der Waals surface area contributed by atoms with Crippen molar-refractivity contribution in [1.29, 1.82) is 0 Å². The van der Waals surface area contributed by atoms with Gasteiger partial charge in [-0.15, -0.1) is 0 Å². The van der Waals surface area contributed by atoms with Crippen LogP contribution in [0.15, 0.2) is 22.0 Å². The fourth-order valence-corrected chi connectivity index (χ4v) is 8.97. The molecule has 9 heteroatoms. The number of fused-ring (bicyclic) bond motifs is 7. The molecule has 1 aliphatic heterocycles. The number of carbonyl (C=O) groups excluding carboxylic acids is 3. The van der Waals surface area contributed by atoms with Gasteiger partial charge in [0.15, 0.2) is 11.3 Å². The molecule has 5 rings (SSSR count). The van der Waals surface area contributed by atoms with Crippen molar-refractivity contribution in [3.63, 3.8) is 0 Å². The molecule has 0 unspecified atom stereocenters. The fourth-order valence-electron chi connectivity index (χ4n) is 8.97. The Bertz CT molecular complexity index is 1130. The van der Waals surface area contributed by atoms with E-state index in [1.807, 2.05) is 6.92 Å². The average Bonchev–Trinajstić information content (AvgIpc) is 3.36. The van der Waals surface area contributed by atoms with Crippen LogP contribution in [0.1, 0.15) is 86.5 Å². The smallest absolute Gasteiger partial charge is 0.356 e. The van der Waals surface area contributed by atoms with E-state index in [0.717, 1.165) is 44.9 Å². The molecular formula is C29H40N2O7. The fraction of sp³-hybridized carbons (Fsp3) is 0.759. The third-order valence-corrected chi connectivity index (χ3v) is 10.6. The number of rotatable bonds is 5. The molecule has 0 aromatic carbocycles. The van der Waals surface area contributed by atoms with Crippen LogP contribution in [0.2, 0.25) is 0 Å². The molecule has 9 nitrogen and oxygen atoms in total. The van der Waals surface area contributed by atoms with Crippen LogP contribution in [0.3, 0.4) is 0 Å². The van der Waals surface area contributed by atoms with Gasteiger partial charge in [-0.3, -0.25) is 4.79 Å². The summed E-state index contributed by atoms with van der Waals surface area (Å²) in [5.41, 5.74) is 0.983. The van der Waals surface area contributed by atoms with Gasteiger partial charge in [-0.25, -0.2) is 9.59 Å². The second-order valence-corrected chi connectivity index (χ2v) is 12.3. The molecule has 0 amide bonds. The van der Waals surface area contributed by atoms with Crippen LogP contribution in [-0.4, -0.2) is 47.6 Å². The van der Waals surface area contributed by atoms with Crippen molar-refractivity contribution < 1.29 is 33.5 Å². The van der Waals surface area contributed by atoms with Crippen molar-refractivity contribution in [1.82, 2.24) is 0 Å². The monoisotopic (exact) mass is 528 g/mol. The van der Waals surface area contributed by atoms with E-state index in [9.17, 15) is 14.4 Å². The Labute approximate surface area is 224 Å². The maximum absolute atomic E-state index is 13.0. The van der Waals surface area contributed by atoms with Crippen molar-refractivity contribution in [3.05, 3.63) is 11.6 Å². The molecule has 4 aliphatic carbocycles. The number of hydrogen-bond donors (Lipinski definition) is 0. The minimum Gasteiger partial charge on any atom is -0.462 e. The first-order valence-electron chi connectivity index (χ1n) is 14.0. The van der Waals surface area contributed by atoms with E-state index in [2.05, 4.69) is 30.2 Å². The van der Waals surface area contributed by atoms with E-state index in [1.165, 1.54) is 19.4 Å². The molecule has 0 saturated heterocycles. The number of esters is 2. The molecule has 3 fully saturated rings. The predicted molar refractivity (Wildman–Crippen MR) is 139 cm³/mol. The van der Waals surface area contributed by atoms with E-state index >= 15 is 0 Å². The molecule has 38 heavy (non-hydrogen) atoms. The van der Waals surface area contributed by atoms with Gasteiger partial charge in [0.2, 0.25) is 0 Å². The van der Waals surface area contributed by atoms with Gasteiger partial charge >= 0.3 is 17.9 Å². The molecule has 208 valence electrons. The standard InChI is InChI=1S/C29H40N2O7/c1-7-35-26(34)25-24-15-23-21-9-8-19-14-20(36-17(3)32)10-12-27(19,5)22(21)11-13-28(23,6)29(24,38-31-25)16(2)30-37-18(4)33/h8,20-24H,7,9-15H2,1-6H3/t20-,21-,22+,23+,24+,27-,28+,29-/m0/s1. The van der Waals surface area contributed by atoms with Crippen LogP contribution in [-0.2, 0) is 33.5 Å². The Balaban J connectivity index is 1.50. The quantitative estimate of drug-likeness (QED) is 0.167. The van der Waals surface area contributed by atoms with Gasteiger partial charge in [0, 0.05) is 25.7 Å². The molecule has 5 aliphatic rings. The summed E-state index contributed by atoms with van der Waals surface area (Å²) < 4.78 is 10.9. The second-order valence-electron chi connectivity index (χ2n) is 12.3. The lowest BCUT2D eigenvalue weighted by atomic mass is 9.46. The van der Waals surface area contributed by atoms with E-state index in [0.29, 0.717) is 23.3 Å². The zero-order chi connectivity index (χ0) is 27.5. The van der Waals surface area contributed by atoms with Gasteiger partial charge in [-0.1, -0.05) is 35.8 Å². The van der Waals surface area contributed by atoms with E-state index < -0.39 is 17.5 Å². The zero-order valence-electron chi connectivity index (χ0n) is 23.4. The summed E-state index contributed by atoms with van der Waals surface area (Å²) in [5, 5.41) is 8.47. The Kier molecular flexibility index (Phi) is 6.71. The summed E-state index contributed by atoms with van der Waals surface area (Å²) in [5.74, 6) is -0.351. The topological polar surface area (TPSA) is 113 Å². The van der Waals surface area contributed by atoms with Crippen LogP contribution in [0, 0.1) is 34.5 Å². The number of ether oxygens (including phenoxy) is 2. The Morgan fingerprint density at radius 2 is 1.87 bits per heavy atom. The third kappa shape index (κ3) is 3.82. The minimum absolute atomic E-state index is 0.0387. The molecule has 0 radical (unpaired) electrons. The molecule has 3 saturated carbocycles. The first kappa shape index (κ1) is 26.9. The summed E-state index contributed by atoms with van der Waals surface area (Å²) in [6.45, 7) is 11.3. The minimum atomic E-state index is -0.974. The highest BCUT2D eigenvalue weighted by Gasteiger charge is 2.74. The van der Waals surface area contributed by atoms with Crippen LogP contribution in [0.25, 0.3) is 0 Å². The maximum atomic E-state index is 13.0. The van der Waals surface area contributed by atoms with Crippen molar-refractivity contribution in [2.45, 2.75) is 98.2 Å². The number of hydrogen-bond acceptors (Lipinski definition) is 9. The summed E-state index contributed by atoms with van der Waals surface area (Å²) in [6, 6.07) is 0. The Hall–Kier alpha value is -2.71. The lowest BCUT2D eigenvalue weighted by Crippen LogP contribution is -2.59. The van der Waals surface area contributed by atoms with Gasteiger partial charge < -0.3 is 19.1 Å². The van der Waals surface area contributed by atoms with E-state index in [-0.39, 0.29) is 41.3 Å². The molecule has 0 N–H and O–H groups in total. The zero-order valence-corrected chi connectivity index (χ0v) is 23.4. The van der Waals surface area contributed by atoms with Crippen LogP contribution in [0.4, 0.5) is 0 Å². The molecule has 0 spiro atoms. The lowest BCUT2D eigenvalue weighted by molar-refractivity contribution is -0.149. The number of allylic oxidation sites excluding steroid dienone is 1. The number of carbonyl (C=O) groups is 3.